The van der Waals surface area contributed by atoms with E-state index in [0.29, 0.717) is 5.92 Å². The van der Waals surface area contributed by atoms with Crippen molar-refractivity contribution in [2.75, 3.05) is 0 Å². The third-order valence-electron chi connectivity index (χ3n) is 4.29. The molecule has 0 aromatic carbocycles. The summed E-state index contributed by atoms with van der Waals surface area (Å²) in [6, 6.07) is 0. The SMILES string of the molecule is CC(C)C1C=CC(O)(CC2CCC2)CC1. The van der Waals surface area contributed by atoms with Gasteiger partial charge in [-0.05, 0) is 37.0 Å². The van der Waals surface area contributed by atoms with Crippen LogP contribution >= 0.6 is 0 Å². The van der Waals surface area contributed by atoms with E-state index in [1.165, 1.54) is 19.3 Å². The van der Waals surface area contributed by atoms with Crippen LogP contribution in [0.2, 0.25) is 0 Å². The maximum Gasteiger partial charge on any atom is 0.0830 e. The molecule has 0 saturated heterocycles. The van der Waals surface area contributed by atoms with Gasteiger partial charge in [-0.25, -0.2) is 0 Å². The van der Waals surface area contributed by atoms with E-state index in [-0.39, 0.29) is 0 Å². The molecule has 0 bridgehead atoms. The molecule has 2 aliphatic rings. The first kappa shape index (κ1) is 11.2. The van der Waals surface area contributed by atoms with Crippen molar-refractivity contribution in [1.29, 1.82) is 0 Å². The summed E-state index contributed by atoms with van der Waals surface area (Å²) in [6.45, 7) is 4.54. The monoisotopic (exact) mass is 208 g/mol. The predicted molar refractivity (Wildman–Crippen MR) is 63.6 cm³/mol. The lowest BCUT2D eigenvalue weighted by Gasteiger charge is -2.37. The summed E-state index contributed by atoms with van der Waals surface area (Å²) in [5.74, 6) is 2.21. The average Bonchev–Trinajstić information content (AvgIpc) is 2.13. The van der Waals surface area contributed by atoms with Gasteiger partial charge in [0.05, 0.1) is 5.60 Å². The third kappa shape index (κ3) is 2.63. The first-order valence-electron chi connectivity index (χ1n) is 6.51. The maximum absolute atomic E-state index is 10.4. The average molecular weight is 208 g/mol. The van der Waals surface area contributed by atoms with Gasteiger partial charge < -0.3 is 5.11 Å². The lowest BCUT2D eigenvalue weighted by atomic mass is 9.72. The largest absolute Gasteiger partial charge is 0.386 e. The number of hydrogen-bond acceptors (Lipinski definition) is 1. The highest BCUT2D eigenvalue weighted by Crippen LogP contribution is 2.39. The molecule has 2 rings (SSSR count). The molecule has 0 heterocycles. The van der Waals surface area contributed by atoms with Crippen LogP contribution < -0.4 is 0 Å². The molecule has 0 aromatic heterocycles. The van der Waals surface area contributed by atoms with Crippen molar-refractivity contribution in [3.05, 3.63) is 12.2 Å². The lowest BCUT2D eigenvalue weighted by molar-refractivity contribution is 0.0271. The number of allylic oxidation sites excluding steroid dienone is 1. The second-order valence-corrected chi connectivity index (χ2v) is 5.91. The van der Waals surface area contributed by atoms with E-state index in [2.05, 4.69) is 26.0 Å². The van der Waals surface area contributed by atoms with E-state index in [1.54, 1.807) is 0 Å². The molecule has 2 aliphatic carbocycles. The molecule has 0 aromatic rings. The van der Waals surface area contributed by atoms with Gasteiger partial charge >= 0.3 is 0 Å². The van der Waals surface area contributed by atoms with Crippen LogP contribution in [0.25, 0.3) is 0 Å². The molecule has 2 unspecified atom stereocenters. The summed E-state index contributed by atoms with van der Waals surface area (Å²) in [5, 5.41) is 10.4. The predicted octanol–water partition coefficient (Wildman–Crippen LogP) is 3.53. The normalized spacial score (nSPS) is 36.9. The molecule has 0 amide bonds. The van der Waals surface area contributed by atoms with Crippen LogP contribution in [-0.2, 0) is 0 Å². The minimum absolute atomic E-state index is 0.462. The van der Waals surface area contributed by atoms with Crippen LogP contribution in [-0.4, -0.2) is 10.7 Å². The van der Waals surface area contributed by atoms with Gasteiger partial charge in [-0.2, -0.15) is 0 Å². The summed E-state index contributed by atoms with van der Waals surface area (Å²) in [5.41, 5.74) is -0.462. The van der Waals surface area contributed by atoms with Crippen LogP contribution in [0.15, 0.2) is 12.2 Å². The van der Waals surface area contributed by atoms with Gasteiger partial charge in [0.25, 0.3) is 0 Å². The van der Waals surface area contributed by atoms with Gasteiger partial charge in [-0.3, -0.25) is 0 Å². The zero-order valence-corrected chi connectivity index (χ0v) is 10.1. The summed E-state index contributed by atoms with van der Waals surface area (Å²) >= 11 is 0. The molecule has 86 valence electrons. The van der Waals surface area contributed by atoms with Gasteiger partial charge in [0.1, 0.15) is 0 Å². The Morgan fingerprint density at radius 3 is 2.47 bits per heavy atom. The Kier molecular flexibility index (Phi) is 3.20. The molecule has 0 spiro atoms. The number of hydrogen-bond donors (Lipinski definition) is 1. The van der Waals surface area contributed by atoms with E-state index in [0.717, 1.165) is 31.1 Å². The van der Waals surface area contributed by atoms with Gasteiger partial charge in [0, 0.05) is 0 Å². The quantitative estimate of drug-likeness (QED) is 0.703. The van der Waals surface area contributed by atoms with Gasteiger partial charge in [0.2, 0.25) is 0 Å². The molecule has 1 heteroatoms. The Labute approximate surface area is 93.6 Å². The molecular formula is C14H24O. The van der Waals surface area contributed by atoms with Crippen molar-refractivity contribution in [3.63, 3.8) is 0 Å². The van der Waals surface area contributed by atoms with Crippen LogP contribution in [0.4, 0.5) is 0 Å². The van der Waals surface area contributed by atoms with Gasteiger partial charge in [0.15, 0.2) is 0 Å². The van der Waals surface area contributed by atoms with Crippen molar-refractivity contribution in [2.24, 2.45) is 17.8 Å². The molecular weight excluding hydrogens is 184 g/mol. The van der Waals surface area contributed by atoms with Crippen LogP contribution in [0, 0.1) is 17.8 Å². The van der Waals surface area contributed by atoms with Crippen molar-refractivity contribution in [3.8, 4) is 0 Å². The highest BCUT2D eigenvalue weighted by atomic mass is 16.3. The Balaban J connectivity index is 1.90. The number of aliphatic hydroxyl groups is 1. The van der Waals surface area contributed by atoms with E-state index < -0.39 is 5.60 Å². The fourth-order valence-electron chi connectivity index (χ4n) is 2.82. The van der Waals surface area contributed by atoms with Crippen LogP contribution in [0.3, 0.4) is 0 Å². The summed E-state index contributed by atoms with van der Waals surface area (Å²) in [7, 11) is 0. The first-order chi connectivity index (χ1) is 7.09. The Hall–Kier alpha value is -0.300. The molecule has 1 fully saturated rings. The molecule has 0 radical (unpaired) electrons. The standard InChI is InChI=1S/C14H24O/c1-11(2)13-6-8-14(15,9-7-13)10-12-4-3-5-12/h6,8,11-13,15H,3-5,7,9-10H2,1-2H3. The smallest absolute Gasteiger partial charge is 0.0830 e. The minimum Gasteiger partial charge on any atom is -0.386 e. The number of rotatable bonds is 3. The highest BCUT2D eigenvalue weighted by Gasteiger charge is 2.33. The van der Waals surface area contributed by atoms with Crippen LogP contribution in [0.5, 0.6) is 0 Å². The molecule has 2 atom stereocenters. The fraction of sp³-hybridized carbons (Fsp3) is 0.857. The fourth-order valence-corrected chi connectivity index (χ4v) is 2.82. The molecule has 0 aliphatic heterocycles. The Morgan fingerprint density at radius 2 is 2.07 bits per heavy atom. The summed E-state index contributed by atoms with van der Waals surface area (Å²) in [4.78, 5) is 0. The zero-order chi connectivity index (χ0) is 10.9. The lowest BCUT2D eigenvalue weighted by Crippen LogP contribution is -2.34. The van der Waals surface area contributed by atoms with Gasteiger partial charge in [-0.1, -0.05) is 45.3 Å². The van der Waals surface area contributed by atoms with Crippen LogP contribution in [0.1, 0.15) is 52.4 Å². The highest BCUT2D eigenvalue weighted by molar-refractivity contribution is 5.09. The van der Waals surface area contributed by atoms with Gasteiger partial charge in [-0.15, -0.1) is 0 Å². The Morgan fingerprint density at radius 1 is 1.33 bits per heavy atom. The molecule has 1 saturated carbocycles. The second kappa shape index (κ2) is 4.29. The van der Waals surface area contributed by atoms with E-state index in [9.17, 15) is 5.11 Å². The third-order valence-corrected chi connectivity index (χ3v) is 4.29. The van der Waals surface area contributed by atoms with Crippen molar-refractivity contribution in [2.45, 2.75) is 58.0 Å². The molecule has 1 nitrogen and oxygen atoms in total. The summed E-state index contributed by atoms with van der Waals surface area (Å²) < 4.78 is 0. The first-order valence-corrected chi connectivity index (χ1v) is 6.51. The summed E-state index contributed by atoms with van der Waals surface area (Å²) in [6.07, 6.45) is 11.5. The van der Waals surface area contributed by atoms with E-state index in [4.69, 9.17) is 0 Å². The second-order valence-electron chi connectivity index (χ2n) is 5.91. The van der Waals surface area contributed by atoms with E-state index in [1.807, 2.05) is 0 Å². The van der Waals surface area contributed by atoms with Crippen molar-refractivity contribution >= 4 is 0 Å². The molecule has 15 heavy (non-hydrogen) atoms. The van der Waals surface area contributed by atoms with E-state index >= 15 is 0 Å². The minimum atomic E-state index is -0.462. The Bertz CT molecular complexity index is 240. The van der Waals surface area contributed by atoms with Crippen molar-refractivity contribution < 1.29 is 5.11 Å². The molecule has 1 N–H and O–H groups in total. The van der Waals surface area contributed by atoms with Crippen molar-refractivity contribution in [1.82, 2.24) is 0 Å². The topological polar surface area (TPSA) is 20.2 Å². The zero-order valence-electron chi connectivity index (χ0n) is 10.1. The maximum atomic E-state index is 10.4.